The van der Waals surface area contributed by atoms with Gasteiger partial charge in [0.15, 0.2) is 13.2 Å². The summed E-state index contributed by atoms with van der Waals surface area (Å²) in [5.41, 5.74) is 0.893. The monoisotopic (exact) mass is 484 g/mol. The number of esters is 1. The molecule has 0 spiro atoms. The lowest BCUT2D eigenvalue weighted by atomic mass is 9.97. The van der Waals surface area contributed by atoms with Gasteiger partial charge >= 0.3 is 18.2 Å². The van der Waals surface area contributed by atoms with Gasteiger partial charge in [-0.15, -0.1) is 11.3 Å². The minimum absolute atomic E-state index is 0.0666. The highest BCUT2D eigenvalue weighted by atomic mass is 32.1. The van der Waals surface area contributed by atoms with Crippen molar-refractivity contribution in [3.8, 4) is 0 Å². The first kappa shape index (κ1) is 24.6. The normalized spacial score (nSPS) is 15.5. The molecule has 1 unspecified atom stereocenters. The Hall–Kier alpha value is -3.08. The van der Waals surface area contributed by atoms with Crippen LogP contribution in [-0.2, 0) is 19.1 Å². The molecular weight excluding hydrogens is 461 g/mol. The molecule has 0 aliphatic carbocycles. The van der Waals surface area contributed by atoms with E-state index >= 15 is 0 Å². The van der Waals surface area contributed by atoms with E-state index in [1.54, 1.807) is 0 Å². The molecule has 1 aromatic carbocycles. The highest BCUT2D eigenvalue weighted by Crippen LogP contribution is 2.26. The lowest BCUT2D eigenvalue weighted by molar-refractivity contribution is -0.163. The minimum atomic E-state index is -4.60. The van der Waals surface area contributed by atoms with Crippen molar-refractivity contribution in [3.63, 3.8) is 0 Å². The summed E-state index contributed by atoms with van der Waals surface area (Å²) in [5, 5.41) is 4.78. The smallest absolute Gasteiger partial charge is 0.422 e. The summed E-state index contributed by atoms with van der Waals surface area (Å²) in [7, 11) is 0. The number of nitrogens with zero attached hydrogens (tertiary/aromatic N) is 1. The maximum Gasteiger partial charge on any atom is 0.422 e. The Balaban J connectivity index is 1.45. The first-order chi connectivity index (χ1) is 15.7. The molecule has 33 heavy (non-hydrogen) atoms. The summed E-state index contributed by atoms with van der Waals surface area (Å²) in [6, 6.07) is 12.8. The molecule has 178 valence electrons. The van der Waals surface area contributed by atoms with E-state index in [2.05, 4.69) is 10.1 Å². The first-order valence-corrected chi connectivity index (χ1v) is 11.1. The number of ether oxygens (including phenoxy) is 2. The summed E-state index contributed by atoms with van der Waals surface area (Å²) in [6.07, 6.45) is -5.24. The summed E-state index contributed by atoms with van der Waals surface area (Å²) < 4.78 is 45.9. The number of halogens is 3. The van der Waals surface area contributed by atoms with Crippen LogP contribution in [0.5, 0.6) is 0 Å². The maximum absolute atomic E-state index is 12.5. The molecule has 1 atom stereocenters. The van der Waals surface area contributed by atoms with Gasteiger partial charge in [-0.25, -0.2) is 4.79 Å². The summed E-state index contributed by atoms with van der Waals surface area (Å²) >= 11 is 1.49. The van der Waals surface area contributed by atoms with Crippen LogP contribution >= 0.6 is 11.3 Å². The largest absolute Gasteiger partial charge is 0.455 e. The molecule has 3 rings (SSSR count). The Morgan fingerprint density at radius 1 is 1.06 bits per heavy atom. The topological polar surface area (TPSA) is 84.9 Å². The zero-order valence-corrected chi connectivity index (χ0v) is 18.4. The highest BCUT2D eigenvalue weighted by Gasteiger charge is 2.33. The Labute approximate surface area is 192 Å². The molecular formula is C22H23F3N2O5S. The third-order valence-electron chi connectivity index (χ3n) is 5.06. The molecule has 2 amide bonds. The van der Waals surface area contributed by atoms with Crippen LogP contribution in [-0.4, -0.2) is 55.3 Å². The quantitative estimate of drug-likeness (QED) is 0.603. The fourth-order valence-corrected chi connectivity index (χ4v) is 4.21. The Morgan fingerprint density at radius 3 is 2.36 bits per heavy atom. The SMILES string of the molecule is O=C(COC(=O)C1CCN(C(=O)OCC(F)(F)F)CC1)NC(c1ccccc1)c1cccs1. The number of hydrogen-bond donors (Lipinski definition) is 1. The number of hydrogen-bond acceptors (Lipinski definition) is 6. The zero-order valence-electron chi connectivity index (χ0n) is 17.5. The van der Waals surface area contributed by atoms with Crippen LogP contribution in [0.4, 0.5) is 18.0 Å². The van der Waals surface area contributed by atoms with Gasteiger partial charge in [0.25, 0.3) is 5.91 Å². The average molecular weight is 484 g/mol. The van der Waals surface area contributed by atoms with Gasteiger partial charge in [0.2, 0.25) is 0 Å². The van der Waals surface area contributed by atoms with Crippen LogP contribution in [0.1, 0.15) is 29.3 Å². The van der Waals surface area contributed by atoms with Crippen LogP contribution in [0, 0.1) is 5.92 Å². The molecule has 0 radical (unpaired) electrons. The van der Waals surface area contributed by atoms with Crippen molar-refractivity contribution in [2.24, 2.45) is 5.92 Å². The predicted octanol–water partition coefficient (Wildman–Crippen LogP) is 3.91. The van der Waals surface area contributed by atoms with Gasteiger partial charge in [-0.3, -0.25) is 9.59 Å². The van der Waals surface area contributed by atoms with Gasteiger partial charge < -0.3 is 19.7 Å². The van der Waals surface area contributed by atoms with E-state index in [0.29, 0.717) is 0 Å². The van der Waals surface area contributed by atoms with Crippen LogP contribution in [0.3, 0.4) is 0 Å². The van der Waals surface area contributed by atoms with Crippen LogP contribution in [0.15, 0.2) is 47.8 Å². The second-order valence-electron chi connectivity index (χ2n) is 7.47. The number of amides is 2. The molecule has 1 fully saturated rings. The number of carbonyl (C=O) groups excluding carboxylic acids is 3. The van der Waals surface area contributed by atoms with Crippen molar-refractivity contribution >= 4 is 29.3 Å². The number of nitrogens with one attached hydrogen (secondary N) is 1. The van der Waals surface area contributed by atoms with Crippen molar-refractivity contribution in [1.29, 1.82) is 0 Å². The number of benzene rings is 1. The highest BCUT2D eigenvalue weighted by molar-refractivity contribution is 7.10. The van der Waals surface area contributed by atoms with E-state index in [4.69, 9.17) is 4.74 Å². The van der Waals surface area contributed by atoms with E-state index in [1.807, 2.05) is 47.8 Å². The fourth-order valence-electron chi connectivity index (χ4n) is 3.41. The Morgan fingerprint density at radius 2 is 1.76 bits per heavy atom. The lowest BCUT2D eigenvalue weighted by Gasteiger charge is -2.30. The lowest BCUT2D eigenvalue weighted by Crippen LogP contribution is -2.42. The molecule has 0 saturated carbocycles. The Bertz CT molecular complexity index is 929. The first-order valence-electron chi connectivity index (χ1n) is 10.3. The predicted molar refractivity (Wildman–Crippen MR) is 113 cm³/mol. The van der Waals surface area contributed by atoms with Crippen molar-refractivity contribution in [2.75, 3.05) is 26.3 Å². The molecule has 7 nitrogen and oxygen atoms in total. The number of likely N-dealkylation sites (tertiary alicyclic amines) is 1. The molecule has 1 saturated heterocycles. The standard InChI is InChI=1S/C22H23F3N2O5S/c23-22(24,25)14-32-21(30)27-10-8-16(9-11-27)20(29)31-13-18(28)26-19(17-7-4-12-33-17)15-5-2-1-3-6-15/h1-7,12,16,19H,8-11,13-14H2,(H,26,28). The third-order valence-corrected chi connectivity index (χ3v) is 5.99. The second kappa shape index (κ2) is 11.2. The molecule has 1 aliphatic rings. The number of alkyl halides is 3. The van der Waals surface area contributed by atoms with E-state index in [1.165, 1.54) is 11.3 Å². The fraction of sp³-hybridized carbons (Fsp3) is 0.409. The minimum Gasteiger partial charge on any atom is -0.455 e. The molecule has 1 aromatic heterocycles. The molecule has 2 heterocycles. The third kappa shape index (κ3) is 7.48. The van der Waals surface area contributed by atoms with Gasteiger partial charge in [0.1, 0.15) is 0 Å². The number of thiophene rings is 1. The molecule has 1 N–H and O–H groups in total. The van der Waals surface area contributed by atoms with Crippen LogP contribution < -0.4 is 5.32 Å². The Kier molecular flexibility index (Phi) is 8.32. The van der Waals surface area contributed by atoms with Gasteiger partial charge in [0, 0.05) is 18.0 Å². The summed E-state index contributed by atoms with van der Waals surface area (Å²) in [4.78, 5) is 38.5. The maximum atomic E-state index is 12.5. The molecule has 1 aliphatic heterocycles. The van der Waals surface area contributed by atoms with Gasteiger partial charge in [-0.1, -0.05) is 36.4 Å². The van der Waals surface area contributed by atoms with Crippen LogP contribution in [0.2, 0.25) is 0 Å². The zero-order chi connectivity index (χ0) is 23.8. The number of carbonyl (C=O) groups is 3. The summed E-state index contributed by atoms with van der Waals surface area (Å²) in [5.74, 6) is -1.59. The van der Waals surface area contributed by atoms with Crippen molar-refractivity contribution < 1.29 is 37.0 Å². The van der Waals surface area contributed by atoms with Gasteiger partial charge in [-0.05, 0) is 29.9 Å². The number of rotatable bonds is 7. The van der Waals surface area contributed by atoms with Gasteiger partial charge in [-0.2, -0.15) is 13.2 Å². The summed E-state index contributed by atoms with van der Waals surface area (Å²) in [6.45, 7) is -1.98. The second-order valence-corrected chi connectivity index (χ2v) is 8.44. The average Bonchev–Trinajstić information content (AvgIpc) is 3.34. The molecule has 11 heteroatoms. The van der Waals surface area contributed by atoms with E-state index in [-0.39, 0.29) is 32.0 Å². The van der Waals surface area contributed by atoms with Gasteiger partial charge in [0.05, 0.1) is 12.0 Å². The molecule has 0 bridgehead atoms. The van der Waals surface area contributed by atoms with Crippen LogP contribution in [0.25, 0.3) is 0 Å². The van der Waals surface area contributed by atoms with E-state index < -0.39 is 43.3 Å². The van der Waals surface area contributed by atoms with E-state index in [0.717, 1.165) is 15.3 Å². The van der Waals surface area contributed by atoms with Crippen molar-refractivity contribution in [1.82, 2.24) is 10.2 Å². The van der Waals surface area contributed by atoms with Crippen molar-refractivity contribution in [3.05, 3.63) is 58.3 Å². The van der Waals surface area contributed by atoms with Crippen molar-refractivity contribution in [2.45, 2.75) is 25.1 Å². The number of piperidine rings is 1. The molecule has 2 aromatic rings. The van der Waals surface area contributed by atoms with E-state index in [9.17, 15) is 27.6 Å².